The van der Waals surface area contributed by atoms with Crippen LogP contribution in [-0.4, -0.2) is 33.4 Å². The van der Waals surface area contributed by atoms with E-state index < -0.39 is 11.9 Å². The second-order valence-electron chi connectivity index (χ2n) is 5.04. The van der Waals surface area contributed by atoms with Crippen LogP contribution in [0.3, 0.4) is 0 Å². The first-order valence-electron chi connectivity index (χ1n) is 5.51. The van der Waals surface area contributed by atoms with E-state index in [9.17, 15) is 9.59 Å². The molecule has 0 saturated carbocycles. The summed E-state index contributed by atoms with van der Waals surface area (Å²) in [5.41, 5.74) is 5.33. The highest BCUT2D eigenvalue weighted by Crippen LogP contribution is 2.39. The predicted molar refractivity (Wildman–Crippen MR) is 65.8 cm³/mol. The third-order valence-corrected chi connectivity index (χ3v) is 4.05. The second kappa shape index (κ2) is 4.65. The highest BCUT2D eigenvalue weighted by atomic mass is 32.2. The van der Waals surface area contributed by atoms with Crippen molar-refractivity contribution >= 4 is 23.6 Å². The molecular weight excluding hydrogens is 224 g/mol. The summed E-state index contributed by atoms with van der Waals surface area (Å²) in [5.74, 6) is 0.512. The normalized spacial score (nSPS) is 23.8. The van der Waals surface area contributed by atoms with Crippen molar-refractivity contribution in [2.24, 2.45) is 11.7 Å². The van der Waals surface area contributed by atoms with Crippen LogP contribution in [0.1, 0.15) is 34.1 Å². The minimum atomic E-state index is -0.453. The lowest BCUT2D eigenvalue weighted by atomic mass is 10.1. The van der Waals surface area contributed by atoms with Crippen LogP contribution < -0.4 is 5.73 Å². The number of hydrogen-bond donors (Lipinski definition) is 1. The van der Waals surface area contributed by atoms with Crippen molar-refractivity contribution in [3.63, 3.8) is 0 Å². The second-order valence-corrected chi connectivity index (χ2v) is 6.66. The van der Waals surface area contributed by atoms with Crippen molar-refractivity contribution in [1.82, 2.24) is 4.90 Å². The van der Waals surface area contributed by atoms with Gasteiger partial charge in [-0.2, -0.15) is 0 Å². The van der Waals surface area contributed by atoms with Crippen LogP contribution in [0.4, 0.5) is 0 Å². The predicted octanol–water partition coefficient (Wildman–Crippen LogP) is 1.20. The van der Waals surface area contributed by atoms with Gasteiger partial charge in [-0.3, -0.25) is 9.59 Å². The molecule has 16 heavy (non-hydrogen) atoms. The van der Waals surface area contributed by atoms with E-state index in [-0.39, 0.29) is 10.8 Å². The third-order valence-electron chi connectivity index (χ3n) is 2.67. The highest BCUT2D eigenvalue weighted by Gasteiger charge is 2.45. The van der Waals surface area contributed by atoms with Crippen LogP contribution in [0.5, 0.6) is 0 Å². The fourth-order valence-corrected chi connectivity index (χ4v) is 3.18. The Morgan fingerprint density at radius 3 is 2.50 bits per heavy atom. The summed E-state index contributed by atoms with van der Waals surface area (Å²) in [6.07, 6.45) is 0.466. The maximum atomic E-state index is 12.1. The Bertz CT molecular complexity index is 302. The van der Waals surface area contributed by atoms with E-state index in [1.54, 1.807) is 16.7 Å². The number of thioether (sulfide) groups is 1. The summed E-state index contributed by atoms with van der Waals surface area (Å²) >= 11 is 1.60. The van der Waals surface area contributed by atoms with Crippen LogP contribution in [0, 0.1) is 5.92 Å². The Morgan fingerprint density at radius 2 is 2.06 bits per heavy atom. The Labute approximate surface area is 101 Å². The first-order chi connectivity index (χ1) is 7.25. The Balaban J connectivity index is 2.86. The van der Waals surface area contributed by atoms with Gasteiger partial charge in [-0.05, 0) is 19.8 Å². The van der Waals surface area contributed by atoms with Crippen molar-refractivity contribution in [3.8, 4) is 0 Å². The number of nitrogens with zero attached hydrogens (tertiary/aromatic N) is 1. The smallest absolute Gasteiger partial charge is 0.241 e. The lowest BCUT2D eigenvalue weighted by Gasteiger charge is -2.34. The Morgan fingerprint density at radius 1 is 1.50 bits per heavy atom. The van der Waals surface area contributed by atoms with Crippen molar-refractivity contribution in [2.75, 3.05) is 5.75 Å². The van der Waals surface area contributed by atoms with Gasteiger partial charge in [0.15, 0.2) is 0 Å². The van der Waals surface area contributed by atoms with E-state index in [0.717, 1.165) is 0 Å². The van der Waals surface area contributed by atoms with Gasteiger partial charge in [0.2, 0.25) is 11.8 Å². The fraction of sp³-hybridized carbons (Fsp3) is 0.818. The van der Waals surface area contributed by atoms with Gasteiger partial charge in [-0.1, -0.05) is 13.8 Å². The van der Waals surface area contributed by atoms with Crippen LogP contribution in [-0.2, 0) is 9.59 Å². The first-order valence-corrected chi connectivity index (χ1v) is 6.49. The van der Waals surface area contributed by atoms with Crippen LogP contribution in [0.15, 0.2) is 0 Å². The summed E-state index contributed by atoms with van der Waals surface area (Å²) in [7, 11) is 0. The average molecular weight is 244 g/mol. The standard InChI is InChI=1S/C11H20N2O2S/c1-7(2)5-9(14)13-8(10(12)15)6-16-11(13,3)4/h7-8H,5-6H2,1-4H3,(H2,12,15)/t8-/m0/s1. The van der Waals surface area contributed by atoms with E-state index in [1.807, 2.05) is 27.7 Å². The maximum absolute atomic E-state index is 12.1. The van der Waals surface area contributed by atoms with Gasteiger partial charge < -0.3 is 10.6 Å². The number of primary amides is 1. The molecule has 1 aliphatic rings. The average Bonchev–Trinajstić information content (AvgIpc) is 2.39. The molecule has 2 amide bonds. The van der Waals surface area contributed by atoms with Gasteiger partial charge in [0.1, 0.15) is 6.04 Å². The molecule has 1 fully saturated rings. The van der Waals surface area contributed by atoms with Gasteiger partial charge in [0.25, 0.3) is 0 Å². The number of hydrogen-bond acceptors (Lipinski definition) is 3. The Hall–Kier alpha value is -0.710. The highest BCUT2D eigenvalue weighted by molar-refractivity contribution is 8.00. The molecule has 0 aromatic carbocycles. The number of amides is 2. The molecule has 0 spiro atoms. The van der Waals surface area contributed by atoms with E-state index in [1.165, 1.54) is 0 Å². The molecule has 0 aromatic heterocycles. The summed E-state index contributed by atoms with van der Waals surface area (Å²) in [6.45, 7) is 7.90. The van der Waals surface area contributed by atoms with Crippen LogP contribution in [0.25, 0.3) is 0 Å². The lowest BCUT2D eigenvalue weighted by molar-refractivity contribution is -0.141. The molecule has 2 N–H and O–H groups in total. The SMILES string of the molecule is CC(C)CC(=O)N1[C@H](C(N)=O)CSC1(C)C. The zero-order valence-electron chi connectivity index (χ0n) is 10.3. The fourth-order valence-electron chi connectivity index (χ4n) is 1.93. The monoisotopic (exact) mass is 244 g/mol. The van der Waals surface area contributed by atoms with Gasteiger partial charge in [0, 0.05) is 12.2 Å². The minimum absolute atomic E-state index is 0.0220. The zero-order chi connectivity index (χ0) is 12.5. The van der Waals surface area contributed by atoms with Crippen LogP contribution in [0.2, 0.25) is 0 Å². The molecular formula is C11H20N2O2S. The van der Waals surface area contributed by atoms with Crippen LogP contribution >= 0.6 is 11.8 Å². The molecule has 92 valence electrons. The molecule has 1 aliphatic heterocycles. The van der Waals surface area contributed by atoms with Crippen molar-refractivity contribution in [2.45, 2.75) is 45.0 Å². The molecule has 0 bridgehead atoms. The number of nitrogens with two attached hydrogens (primary N) is 1. The number of carbonyl (C=O) groups excluding carboxylic acids is 2. The molecule has 1 atom stereocenters. The van der Waals surface area contributed by atoms with Gasteiger partial charge in [0.05, 0.1) is 4.87 Å². The quantitative estimate of drug-likeness (QED) is 0.811. The van der Waals surface area contributed by atoms with Crippen molar-refractivity contribution in [1.29, 1.82) is 0 Å². The zero-order valence-corrected chi connectivity index (χ0v) is 11.1. The van der Waals surface area contributed by atoms with Crippen molar-refractivity contribution < 1.29 is 9.59 Å². The summed E-state index contributed by atoms with van der Waals surface area (Å²) in [6, 6.07) is -0.453. The molecule has 0 unspecified atom stereocenters. The number of carbonyl (C=O) groups is 2. The minimum Gasteiger partial charge on any atom is -0.368 e. The summed E-state index contributed by atoms with van der Waals surface area (Å²) in [4.78, 5) is 24.7. The topological polar surface area (TPSA) is 63.4 Å². The molecule has 1 heterocycles. The third kappa shape index (κ3) is 2.70. The van der Waals surface area contributed by atoms with E-state index in [4.69, 9.17) is 5.73 Å². The molecule has 0 aromatic rings. The molecule has 1 rings (SSSR count). The van der Waals surface area contributed by atoms with Gasteiger partial charge >= 0.3 is 0 Å². The van der Waals surface area contributed by atoms with E-state index in [2.05, 4.69) is 0 Å². The van der Waals surface area contributed by atoms with Gasteiger partial charge in [-0.25, -0.2) is 0 Å². The lowest BCUT2D eigenvalue weighted by Crippen LogP contribution is -2.52. The molecule has 4 nitrogen and oxygen atoms in total. The molecule has 1 saturated heterocycles. The molecule has 5 heteroatoms. The Kier molecular flexibility index (Phi) is 3.88. The molecule has 0 aliphatic carbocycles. The largest absolute Gasteiger partial charge is 0.368 e. The molecule has 0 radical (unpaired) electrons. The summed E-state index contributed by atoms with van der Waals surface area (Å²) in [5, 5.41) is 0. The number of rotatable bonds is 3. The van der Waals surface area contributed by atoms with E-state index in [0.29, 0.717) is 18.1 Å². The van der Waals surface area contributed by atoms with Crippen molar-refractivity contribution in [3.05, 3.63) is 0 Å². The van der Waals surface area contributed by atoms with Gasteiger partial charge in [-0.15, -0.1) is 11.8 Å². The van der Waals surface area contributed by atoms with E-state index >= 15 is 0 Å². The maximum Gasteiger partial charge on any atom is 0.241 e. The first kappa shape index (κ1) is 13.4. The summed E-state index contributed by atoms with van der Waals surface area (Å²) < 4.78 is 0.